The van der Waals surface area contributed by atoms with E-state index in [9.17, 15) is 9.18 Å². The number of amides is 1. The van der Waals surface area contributed by atoms with E-state index >= 15 is 0 Å². The van der Waals surface area contributed by atoms with Crippen molar-refractivity contribution in [1.82, 2.24) is 4.90 Å². The Balaban J connectivity index is 1.74. The molecule has 104 valence electrons. The third kappa shape index (κ3) is 2.63. The van der Waals surface area contributed by atoms with Gasteiger partial charge in [0.05, 0.1) is 12.0 Å². The molecular formula is C17H13FN2O. The molecule has 2 aromatic carbocycles. The summed E-state index contributed by atoms with van der Waals surface area (Å²) in [6, 6.07) is 15.6. The van der Waals surface area contributed by atoms with Crippen LogP contribution >= 0.6 is 0 Å². The minimum absolute atomic E-state index is 0.0348. The van der Waals surface area contributed by atoms with Gasteiger partial charge in [-0.1, -0.05) is 24.3 Å². The summed E-state index contributed by atoms with van der Waals surface area (Å²) in [7, 11) is 0. The number of carbonyl (C=O) groups is 1. The van der Waals surface area contributed by atoms with Gasteiger partial charge < -0.3 is 4.90 Å². The molecule has 3 nitrogen and oxygen atoms in total. The fourth-order valence-electron chi connectivity index (χ4n) is 2.36. The maximum Gasteiger partial charge on any atom is 0.253 e. The lowest BCUT2D eigenvalue weighted by Crippen LogP contribution is -2.49. The number of halogens is 1. The van der Waals surface area contributed by atoms with Crippen molar-refractivity contribution in [1.29, 1.82) is 5.26 Å². The Morgan fingerprint density at radius 2 is 1.57 bits per heavy atom. The molecule has 0 aliphatic carbocycles. The summed E-state index contributed by atoms with van der Waals surface area (Å²) in [6.07, 6.45) is 0. The normalized spacial score (nSPS) is 14.4. The van der Waals surface area contributed by atoms with Gasteiger partial charge in [0.1, 0.15) is 5.82 Å². The quantitative estimate of drug-likeness (QED) is 0.848. The van der Waals surface area contributed by atoms with Crippen LogP contribution in [0.1, 0.15) is 10.4 Å². The summed E-state index contributed by atoms with van der Waals surface area (Å²) in [4.78, 5) is 13.8. The van der Waals surface area contributed by atoms with Gasteiger partial charge in [-0.15, -0.1) is 0 Å². The first-order chi connectivity index (χ1) is 10.2. The average molecular weight is 280 g/mol. The van der Waals surface area contributed by atoms with Crippen molar-refractivity contribution in [3.8, 4) is 17.2 Å². The van der Waals surface area contributed by atoms with Crippen molar-refractivity contribution >= 4 is 5.91 Å². The molecule has 1 aliphatic rings. The van der Waals surface area contributed by atoms with Crippen molar-refractivity contribution in [2.24, 2.45) is 5.92 Å². The van der Waals surface area contributed by atoms with E-state index in [2.05, 4.69) is 6.07 Å². The van der Waals surface area contributed by atoms with Crippen molar-refractivity contribution in [2.45, 2.75) is 0 Å². The van der Waals surface area contributed by atoms with Crippen molar-refractivity contribution in [3.63, 3.8) is 0 Å². The van der Waals surface area contributed by atoms with Crippen molar-refractivity contribution in [2.75, 3.05) is 13.1 Å². The van der Waals surface area contributed by atoms with Gasteiger partial charge in [-0.05, 0) is 35.4 Å². The molecule has 1 amide bonds. The van der Waals surface area contributed by atoms with E-state index in [0.29, 0.717) is 18.7 Å². The van der Waals surface area contributed by atoms with E-state index in [0.717, 1.165) is 11.1 Å². The molecule has 2 aromatic rings. The maximum atomic E-state index is 12.9. The first kappa shape index (κ1) is 13.3. The first-order valence-electron chi connectivity index (χ1n) is 6.72. The largest absolute Gasteiger partial charge is 0.336 e. The molecule has 1 heterocycles. The predicted molar refractivity (Wildman–Crippen MR) is 76.8 cm³/mol. The van der Waals surface area contributed by atoms with Crippen molar-refractivity contribution in [3.05, 3.63) is 59.9 Å². The smallest absolute Gasteiger partial charge is 0.253 e. The highest BCUT2D eigenvalue weighted by Crippen LogP contribution is 2.22. The molecule has 1 saturated heterocycles. The fourth-order valence-corrected chi connectivity index (χ4v) is 2.36. The molecule has 0 N–H and O–H groups in total. The molecule has 0 bridgehead atoms. The Labute approximate surface area is 122 Å². The zero-order valence-electron chi connectivity index (χ0n) is 11.3. The Kier molecular flexibility index (Phi) is 3.41. The summed E-state index contributed by atoms with van der Waals surface area (Å²) in [5.74, 6) is -0.352. The van der Waals surface area contributed by atoms with Crippen molar-refractivity contribution < 1.29 is 9.18 Å². The number of likely N-dealkylation sites (tertiary alicyclic amines) is 1. The number of hydrogen-bond donors (Lipinski definition) is 0. The van der Waals surface area contributed by atoms with Gasteiger partial charge in [-0.3, -0.25) is 4.79 Å². The molecule has 4 heteroatoms. The van der Waals surface area contributed by atoms with Crippen LogP contribution in [0.2, 0.25) is 0 Å². The number of benzene rings is 2. The van der Waals surface area contributed by atoms with Crippen LogP contribution in [0.25, 0.3) is 11.1 Å². The first-order valence-corrected chi connectivity index (χ1v) is 6.72. The molecule has 0 spiro atoms. The van der Waals surface area contributed by atoms with Gasteiger partial charge in [0.2, 0.25) is 0 Å². The third-order valence-electron chi connectivity index (χ3n) is 3.66. The van der Waals surface area contributed by atoms with Gasteiger partial charge in [0.15, 0.2) is 0 Å². The van der Waals surface area contributed by atoms with E-state index < -0.39 is 0 Å². The minimum Gasteiger partial charge on any atom is -0.336 e. The van der Waals surface area contributed by atoms with Crippen LogP contribution in [0, 0.1) is 23.1 Å². The molecule has 1 aliphatic heterocycles. The van der Waals surface area contributed by atoms with E-state index in [-0.39, 0.29) is 17.6 Å². The monoisotopic (exact) mass is 280 g/mol. The molecule has 3 rings (SSSR count). The number of nitriles is 1. The fraction of sp³-hybridized carbons (Fsp3) is 0.176. The highest BCUT2D eigenvalue weighted by atomic mass is 19.1. The zero-order chi connectivity index (χ0) is 14.8. The van der Waals surface area contributed by atoms with E-state index in [1.54, 1.807) is 29.2 Å². The van der Waals surface area contributed by atoms with E-state index in [4.69, 9.17) is 5.26 Å². The number of carbonyl (C=O) groups excluding carboxylic acids is 1. The highest BCUT2D eigenvalue weighted by molar-refractivity contribution is 5.95. The Morgan fingerprint density at radius 3 is 2.10 bits per heavy atom. The topological polar surface area (TPSA) is 44.1 Å². The maximum absolute atomic E-state index is 12.9. The molecule has 0 radical (unpaired) electrons. The predicted octanol–water partition coefficient (Wildman–Crippen LogP) is 3.09. The van der Waals surface area contributed by atoms with Crippen LogP contribution in [0.4, 0.5) is 4.39 Å². The van der Waals surface area contributed by atoms with Crippen LogP contribution < -0.4 is 0 Å². The molecule has 0 aromatic heterocycles. The van der Waals surface area contributed by atoms with Gasteiger partial charge in [-0.25, -0.2) is 4.39 Å². The van der Waals surface area contributed by atoms with Crippen LogP contribution in [0.15, 0.2) is 48.5 Å². The second-order valence-electron chi connectivity index (χ2n) is 5.12. The molecule has 21 heavy (non-hydrogen) atoms. The summed E-state index contributed by atoms with van der Waals surface area (Å²) < 4.78 is 12.9. The Morgan fingerprint density at radius 1 is 1.05 bits per heavy atom. The zero-order valence-corrected chi connectivity index (χ0v) is 11.3. The van der Waals surface area contributed by atoms with Gasteiger partial charge in [0, 0.05) is 18.7 Å². The second kappa shape index (κ2) is 5.37. The Hall–Kier alpha value is -2.67. The summed E-state index contributed by atoms with van der Waals surface area (Å²) in [5.41, 5.74) is 2.45. The lowest BCUT2D eigenvalue weighted by atomic mass is 9.99. The summed E-state index contributed by atoms with van der Waals surface area (Å²) >= 11 is 0. The Bertz CT molecular complexity index is 695. The molecular weight excluding hydrogens is 267 g/mol. The van der Waals surface area contributed by atoms with Crippen LogP contribution in [-0.4, -0.2) is 23.9 Å². The molecule has 0 saturated carbocycles. The molecule has 0 unspecified atom stereocenters. The molecule has 0 atom stereocenters. The van der Waals surface area contributed by atoms with Gasteiger partial charge in [-0.2, -0.15) is 5.26 Å². The third-order valence-corrected chi connectivity index (χ3v) is 3.66. The van der Waals surface area contributed by atoms with Crippen LogP contribution in [-0.2, 0) is 0 Å². The number of hydrogen-bond acceptors (Lipinski definition) is 2. The molecule has 1 fully saturated rings. The standard InChI is InChI=1S/C17H13FN2O/c18-16-7-5-14(6-8-16)13-1-3-15(4-2-13)17(21)20-10-12(9-19)11-20/h1-8,12H,10-11H2. The minimum atomic E-state index is -0.268. The lowest BCUT2D eigenvalue weighted by Gasteiger charge is -2.35. The van der Waals surface area contributed by atoms with Crippen LogP contribution in [0.3, 0.4) is 0 Å². The average Bonchev–Trinajstić information content (AvgIpc) is 2.47. The van der Waals surface area contributed by atoms with Gasteiger partial charge >= 0.3 is 0 Å². The van der Waals surface area contributed by atoms with Crippen LogP contribution in [0.5, 0.6) is 0 Å². The van der Waals surface area contributed by atoms with E-state index in [1.165, 1.54) is 12.1 Å². The number of rotatable bonds is 2. The SMILES string of the molecule is N#CC1CN(C(=O)c2ccc(-c3ccc(F)cc3)cc2)C1. The summed E-state index contributed by atoms with van der Waals surface area (Å²) in [5, 5.41) is 8.72. The summed E-state index contributed by atoms with van der Waals surface area (Å²) in [6.45, 7) is 1.02. The van der Waals surface area contributed by atoms with Gasteiger partial charge in [0.25, 0.3) is 5.91 Å². The second-order valence-corrected chi connectivity index (χ2v) is 5.12. The lowest BCUT2D eigenvalue weighted by molar-refractivity contribution is 0.0577. The number of nitrogens with zero attached hydrogens (tertiary/aromatic N) is 2. The van der Waals surface area contributed by atoms with E-state index in [1.807, 2.05) is 12.1 Å². The highest BCUT2D eigenvalue weighted by Gasteiger charge is 2.30.